The molecule has 1 atom stereocenters. The van der Waals surface area contributed by atoms with Gasteiger partial charge < -0.3 is 25.2 Å². The lowest BCUT2D eigenvalue weighted by atomic mass is 10.1. The summed E-state index contributed by atoms with van der Waals surface area (Å²) in [6, 6.07) is 17.1. The summed E-state index contributed by atoms with van der Waals surface area (Å²) < 4.78 is 10.8. The number of methoxy groups -OCH3 is 1. The van der Waals surface area contributed by atoms with Crippen LogP contribution in [0.15, 0.2) is 59.6 Å². The smallest absolute Gasteiger partial charge is 0.191 e. The van der Waals surface area contributed by atoms with Crippen molar-refractivity contribution in [2.75, 3.05) is 33.4 Å². The molecule has 0 aromatic heterocycles. The van der Waals surface area contributed by atoms with Gasteiger partial charge in [0.25, 0.3) is 0 Å². The van der Waals surface area contributed by atoms with Gasteiger partial charge in [-0.25, -0.2) is 0 Å². The lowest BCUT2D eigenvalue weighted by Crippen LogP contribution is -2.38. The molecule has 0 saturated heterocycles. The summed E-state index contributed by atoms with van der Waals surface area (Å²) in [6.07, 6.45) is 0.188. The maximum absolute atomic E-state index is 10.3. The van der Waals surface area contributed by atoms with Crippen LogP contribution in [-0.2, 0) is 0 Å². The third kappa shape index (κ3) is 7.58. The average molecular weight is 371 g/mol. The Morgan fingerprint density at radius 1 is 1.04 bits per heavy atom. The van der Waals surface area contributed by atoms with E-state index in [9.17, 15) is 5.11 Å². The van der Waals surface area contributed by atoms with E-state index in [4.69, 9.17) is 9.47 Å². The molecule has 6 heteroatoms. The molecule has 2 aromatic rings. The highest BCUT2D eigenvalue weighted by molar-refractivity contribution is 5.79. The highest BCUT2D eigenvalue weighted by atomic mass is 16.5. The van der Waals surface area contributed by atoms with Crippen LogP contribution in [0.3, 0.4) is 0 Å². The number of hydrogen-bond acceptors (Lipinski definition) is 4. The number of aliphatic imine (C=N–C) groups is 1. The SMILES string of the molecule is CCNC(=NCC(O)c1ccc(OC)cc1)NCCCOc1ccccc1. The molecule has 0 spiro atoms. The molecule has 0 aliphatic heterocycles. The van der Waals surface area contributed by atoms with E-state index in [0.29, 0.717) is 12.6 Å². The average Bonchev–Trinajstić information content (AvgIpc) is 2.72. The van der Waals surface area contributed by atoms with E-state index in [1.807, 2.05) is 61.5 Å². The summed E-state index contributed by atoms with van der Waals surface area (Å²) in [4.78, 5) is 4.46. The quantitative estimate of drug-likeness (QED) is 0.340. The van der Waals surface area contributed by atoms with Crippen molar-refractivity contribution in [2.45, 2.75) is 19.4 Å². The van der Waals surface area contributed by atoms with Gasteiger partial charge in [-0.05, 0) is 43.2 Å². The second-order valence-corrected chi connectivity index (χ2v) is 5.95. The number of rotatable bonds is 10. The van der Waals surface area contributed by atoms with Gasteiger partial charge >= 0.3 is 0 Å². The van der Waals surface area contributed by atoms with Crippen LogP contribution in [0.4, 0.5) is 0 Å². The molecular weight excluding hydrogens is 342 g/mol. The number of ether oxygens (including phenoxy) is 2. The molecule has 6 nitrogen and oxygen atoms in total. The first-order chi connectivity index (χ1) is 13.2. The molecule has 0 aliphatic rings. The van der Waals surface area contributed by atoms with Gasteiger partial charge in [0.2, 0.25) is 0 Å². The number of nitrogens with zero attached hydrogens (tertiary/aromatic N) is 1. The fourth-order valence-electron chi connectivity index (χ4n) is 2.44. The van der Waals surface area contributed by atoms with Gasteiger partial charge in [0.05, 0.1) is 26.4 Å². The third-order valence-electron chi connectivity index (χ3n) is 3.89. The molecule has 1 unspecified atom stereocenters. The van der Waals surface area contributed by atoms with Gasteiger partial charge in [-0.1, -0.05) is 30.3 Å². The molecule has 0 bridgehead atoms. The second kappa shape index (κ2) is 11.8. The van der Waals surface area contributed by atoms with Crippen LogP contribution in [0, 0.1) is 0 Å². The van der Waals surface area contributed by atoms with Gasteiger partial charge in [0.1, 0.15) is 11.5 Å². The number of benzene rings is 2. The Hall–Kier alpha value is -2.73. The fourth-order valence-corrected chi connectivity index (χ4v) is 2.44. The molecule has 3 N–H and O–H groups in total. The summed E-state index contributed by atoms with van der Waals surface area (Å²) in [6.45, 7) is 4.41. The fraction of sp³-hybridized carbons (Fsp3) is 0.381. The molecule has 0 saturated carbocycles. The van der Waals surface area contributed by atoms with Gasteiger partial charge in [-0.15, -0.1) is 0 Å². The molecule has 0 amide bonds. The van der Waals surface area contributed by atoms with Crippen LogP contribution < -0.4 is 20.1 Å². The van der Waals surface area contributed by atoms with Gasteiger partial charge in [0.15, 0.2) is 5.96 Å². The van der Waals surface area contributed by atoms with E-state index in [0.717, 1.165) is 36.6 Å². The minimum absolute atomic E-state index is 0.280. The Morgan fingerprint density at radius 3 is 2.44 bits per heavy atom. The zero-order valence-electron chi connectivity index (χ0n) is 16.0. The van der Waals surface area contributed by atoms with E-state index < -0.39 is 6.10 Å². The zero-order chi connectivity index (χ0) is 19.3. The highest BCUT2D eigenvalue weighted by Crippen LogP contribution is 2.17. The number of aliphatic hydroxyl groups is 1. The van der Waals surface area contributed by atoms with Gasteiger partial charge in [-0.2, -0.15) is 0 Å². The molecule has 0 heterocycles. The summed E-state index contributed by atoms with van der Waals surface area (Å²) in [5.74, 6) is 2.33. The first-order valence-electron chi connectivity index (χ1n) is 9.25. The molecular formula is C21H29N3O3. The maximum Gasteiger partial charge on any atom is 0.191 e. The second-order valence-electron chi connectivity index (χ2n) is 5.95. The van der Waals surface area contributed by atoms with Crippen molar-refractivity contribution in [1.82, 2.24) is 10.6 Å². The summed E-state index contributed by atoms with van der Waals surface area (Å²) in [5.41, 5.74) is 0.812. The van der Waals surface area contributed by atoms with E-state index in [-0.39, 0.29) is 6.54 Å². The number of aliphatic hydroxyl groups excluding tert-OH is 1. The monoisotopic (exact) mass is 371 g/mol. The van der Waals surface area contributed by atoms with Crippen molar-refractivity contribution < 1.29 is 14.6 Å². The Kier molecular flexibility index (Phi) is 9.00. The van der Waals surface area contributed by atoms with Crippen LogP contribution in [0.5, 0.6) is 11.5 Å². The van der Waals surface area contributed by atoms with Crippen molar-refractivity contribution in [2.24, 2.45) is 4.99 Å². The first kappa shape index (κ1) is 20.6. The zero-order valence-corrected chi connectivity index (χ0v) is 16.0. The predicted molar refractivity (Wildman–Crippen MR) is 108 cm³/mol. The van der Waals surface area contributed by atoms with E-state index in [1.54, 1.807) is 7.11 Å². The van der Waals surface area contributed by atoms with Crippen LogP contribution in [0.2, 0.25) is 0 Å². The Labute approximate surface area is 161 Å². The van der Waals surface area contributed by atoms with Crippen LogP contribution >= 0.6 is 0 Å². The number of para-hydroxylation sites is 1. The molecule has 2 aromatic carbocycles. The standard InChI is InChI=1S/C21H29N3O3/c1-3-22-21(23-14-7-15-27-19-8-5-4-6-9-19)24-16-20(25)17-10-12-18(26-2)13-11-17/h4-6,8-13,20,25H,3,7,14-16H2,1-2H3,(H2,22,23,24). The largest absolute Gasteiger partial charge is 0.497 e. The van der Waals surface area contributed by atoms with Crippen LogP contribution in [0.25, 0.3) is 0 Å². The van der Waals surface area contributed by atoms with E-state index in [2.05, 4.69) is 15.6 Å². The molecule has 0 fully saturated rings. The normalized spacial score (nSPS) is 12.3. The van der Waals surface area contributed by atoms with Crippen molar-refractivity contribution in [3.05, 3.63) is 60.2 Å². The van der Waals surface area contributed by atoms with E-state index in [1.165, 1.54) is 0 Å². The minimum Gasteiger partial charge on any atom is -0.497 e. The van der Waals surface area contributed by atoms with E-state index >= 15 is 0 Å². The Bertz CT molecular complexity index is 675. The van der Waals surface area contributed by atoms with Crippen LogP contribution in [-0.4, -0.2) is 44.4 Å². The predicted octanol–water partition coefficient (Wildman–Crippen LogP) is 2.75. The van der Waals surface area contributed by atoms with Gasteiger partial charge in [0, 0.05) is 13.1 Å². The molecule has 146 valence electrons. The molecule has 2 rings (SSSR count). The van der Waals surface area contributed by atoms with Crippen molar-refractivity contribution in [1.29, 1.82) is 0 Å². The van der Waals surface area contributed by atoms with Crippen LogP contribution in [0.1, 0.15) is 25.0 Å². The Balaban J connectivity index is 1.75. The number of nitrogens with one attached hydrogen (secondary N) is 2. The van der Waals surface area contributed by atoms with Gasteiger partial charge in [-0.3, -0.25) is 4.99 Å². The Morgan fingerprint density at radius 2 is 1.78 bits per heavy atom. The lowest BCUT2D eigenvalue weighted by Gasteiger charge is -2.14. The van der Waals surface area contributed by atoms with Crippen molar-refractivity contribution in [3.8, 4) is 11.5 Å². The van der Waals surface area contributed by atoms with Crippen molar-refractivity contribution in [3.63, 3.8) is 0 Å². The lowest BCUT2D eigenvalue weighted by molar-refractivity contribution is 0.187. The number of guanidine groups is 1. The number of hydrogen-bond donors (Lipinski definition) is 3. The first-order valence-corrected chi connectivity index (χ1v) is 9.25. The molecule has 0 aliphatic carbocycles. The topological polar surface area (TPSA) is 75.1 Å². The third-order valence-corrected chi connectivity index (χ3v) is 3.89. The summed E-state index contributed by atoms with van der Waals surface area (Å²) in [7, 11) is 1.62. The molecule has 27 heavy (non-hydrogen) atoms. The maximum atomic E-state index is 10.3. The minimum atomic E-state index is -0.659. The summed E-state index contributed by atoms with van der Waals surface area (Å²) in [5, 5.41) is 16.8. The summed E-state index contributed by atoms with van der Waals surface area (Å²) >= 11 is 0. The highest BCUT2D eigenvalue weighted by Gasteiger charge is 2.07. The van der Waals surface area contributed by atoms with Crippen molar-refractivity contribution >= 4 is 5.96 Å². The molecule has 0 radical (unpaired) electrons.